The van der Waals surface area contributed by atoms with Crippen molar-refractivity contribution in [1.82, 2.24) is 0 Å². The van der Waals surface area contributed by atoms with Gasteiger partial charge in [-0.05, 0) is 18.6 Å². The average molecular weight is 218 g/mol. The van der Waals surface area contributed by atoms with Gasteiger partial charge in [-0.15, -0.1) is 0 Å². The molecule has 14 heavy (non-hydrogen) atoms. The Labute approximate surface area is 90.8 Å². The smallest absolute Gasteiger partial charge is 0.308 e. The van der Waals surface area contributed by atoms with Crippen LogP contribution in [0.1, 0.15) is 40.5 Å². The van der Waals surface area contributed by atoms with Crippen LogP contribution in [-0.2, 0) is 14.3 Å². The first kappa shape index (κ1) is 13.4. The monoisotopic (exact) mass is 218 g/mol. The number of hydrogen-bond donors (Lipinski definition) is 0. The molecule has 1 atom stereocenters. The molecule has 0 bridgehead atoms. The zero-order valence-electron chi connectivity index (χ0n) is 9.20. The third-order valence-electron chi connectivity index (χ3n) is 1.53. The molecule has 0 radical (unpaired) electrons. The van der Waals surface area contributed by atoms with E-state index in [0.717, 1.165) is 6.42 Å². The van der Waals surface area contributed by atoms with Crippen LogP contribution in [0.4, 0.5) is 0 Å². The minimum absolute atomic E-state index is 0.105. The van der Waals surface area contributed by atoms with Crippen molar-refractivity contribution in [2.45, 2.75) is 46.8 Å². The molecule has 0 heterocycles. The molecule has 0 aliphatic rings. The predicted octanol–water partition coefficient (Wildman–Crippen LogP) is 2.68. The lowest BCUT2D eigenvalue weighted by molar-refractivity contribution is -0.171. The molecule has 0 aromatic carbocycles. The van der Waals surface area contributed by atoms with E-state index in [-0.39, 0.29) is 11.9 Å². The maximum Gasteiger partial charge on any atom is 0.308 e. The normalized spacial score (nSPS) is 12.4. The van der Waals surface area contributed by atoms with Crippen molar-refractivity contribution in [3.05, 3.63) is 0 Å². The topological polar surface area (TPSA) is 35.5 Å². The number of carbonyl (C=O) groups excluding carboxylic acids is 1. The van der Waals surface area contributed by atoms with Crippen LogP contribution in [0.2, 0.25) is 0 Å². The highest BCUT2D eigenvalue weighted by Crippen LogP contribution is 2.10. The lowest BCUT2D eigenvalue weighted by atomic mass is 10.2. The van der Waals surface area contributed by atoms with Gasteiger partial charge in [-0.25, -0.2) is 0 Å². The number of esters is 1. The van der Waals surface area contributed by atoms with Gasteiger partial charge < -0.3 is 9.47 Å². The van der Waals surface area contributed by atoms with Gasteiger partial charge in [0.1, 0.15) is 0 Å². The molecule has 0 fully saturated rings. The summed E-state index contributed by atoms with van der Waals surface area (Å²) in [5, 5.41) is 0.396. The predicted molar refractivity (Wildman–Crippen MR) is 59.0 cm³/mol. The highest BCUT2D eigenvalue weighted by molar-refractivity contribution is 7.80. The quantitative estimate of drug-likeness (QED) is 0.404. The van der Waals surface area contributed by atoms with Crippen LogP contribution in [-0.4, -0.2) is 17.3 Å². The number of hydrogen-bond acceptors (Lipinski definition) is 4. The Hall–Kier alpha value is -0.640. The van der Waals surface area contributed by atoms with E-state index in [1.54, 1.807) is 6.92 Å². The van der Waals surface area contributed by atoms with Gasteiger partial charge in [0.25, 0.3) is 0 Å². The SMILES string of the molecule is CCCC(=O)O[C@H](OC(C)=S)C(C)C. The van der Waals surface area contributed by atoms with Crippen molar-refractivity contribution in [2.24, 2.45) is 5.92 Å². The van der Waals surface area contributed by atoms with Gasteiger partial charge in [0.05, 0.1) is 0 Å². The van der Waals surface area contributed by atoms with Crippen LogP contribution < -0.4 is 0 Å². The third-order valence-corrected chi connectivity index (χ3v) is 1.62. The van der Waals surface area contributed by atoms with Gasteiger partial charge in [0.2, 0.25) is 6.29 Å². The third kappa shape index (κ3) is 5.91. The van der Waals surface area contributed by atoms with Crippen molar-refractivity contribution in [2.75, 3.05) is 0 Å². The van der Waals surface area contributed by atoms with Crippen LogP contribution in [0.15, 0.2) is 0 Å². The molecule has 0 aliphatic carbocycles. The first-order valence-electron chi connectivity index (χ1n) is 4.84. The van der Waals surface area contributed by atoms with Crippen LogP contribution in [0.3, 0.4) is 0 Å². The molecule has 0 saturated heterocycles. The van der Waals surface area contributed by atoms with E-state index in [1.807, 2.05) is 20.8 Å². The van der Waals surface area contributed by atoms with E-state index in [9.17, 15) is 4.79 Å². The van der Waals surface area contributed by atoms with E-state index in [0.29, 0.717) is 11.5 Å². The highest BCUT2D eigenvalue weighted by atomic mass is 32.1. The fraction of sp³-hybridized carbons (Fsp3) is 0.800. The van der Waals surface area contributed by atoms with Crippen LogP contribution >= 0.6 is 12.2 Å². The number of thiocarbonyl (C=S) groups is 1. The number of rotatable bonds is 5. The van der Waals surface area contributed by atoms with Crippen molar-refractivity contribution >= 4 is 23.2 Å². The van der Waals surface area contributed by atoms with Crippen LogP contribution in [0, 0.1) is 5.92 Å². The molecule has 0 aromatic heterocycles. The average Bonchev–Trinajstić information content (AvgIpc) is 2.02. The van der Waals surface area contributed by atoms with Gasteiger partial charge in [-0.2, -0.15) is 0 Å². The van der Waals surface area contributed by atoms with Crippen molar-refractivity contribution in [1.29, 1.82) is 0 Å². The summed E-state index contributed by atoms with van der Waals surface area (Å²) in [5.41, 5.74) is 0. The molecule has 0 rings (SSSR count). The second kappa shape index (κ2) is 6.76. The zero-order chi connectivity index (χ0) is 11.1. The first-order valence-corrected chi connectivity index (χ1v) is 5.24. The summed E-state index contributed by atoms with van der Waals surface area (Å²) in [6, 6.07) is 0. The number of ether oxygens (including phenoxy) is 2. The molecule has 0 amide bonds. The second-order valence-corrected chi connectivity index (χ2v) is 4.04. The zero-order valence-corrected chi connectivity index (χ0v) is 10.0. The molecule has 0 aliphatic heterocycles. The molecule has 82 valence electrons. The lowest BCUT2D eigenvalue weighted by Gasteiger charge is -2.21. The molecule has 0 N–H and O–H groups in total. The van der Waals surface area contributed by atoms with Crippen molar-refractivity contribution in [3.63, 3.8) is 0 Å². The molecule has 0 aromatic rings. The molecule has 3 nitrogen and oxygen atoms in total. The van der Waals surface area contributed by atoms with E-state index in [1.165, 1.54) is 0 Å². The van der Waals surface area contributed by atoms with Crippen molar-refractivity contribution < 1.29 is 14.3 Å². The van der Waals surface area contributed by atoms with Gasteiger partial charge in [-0.3, -0.25) is 4.79 Å². The van der Waals surface area contributed by atoms with Crippen LogP contribution in [0.25, 0.3) is 0 Å². The summed E-state index contributed by atoms with van der Waals surface area (Å²) in [5.74, 6) is -0.129. The van der Waals surface area contributed by atoms with Gasteiger partial charge in [-0.1, -0.05) is 20.8 Å². The Morgan fingerprint density at radius 3 is 2.29 bits per heavy atom. The summed E-state index contributed by atoms with van der Waals surface area (Å²) >= 11 is 4.79. The molecule has 0 saturated carbocycles. The summed E-state index contributed by atoms with van der Waals surface area (Å²) in [7, 11) is 0. The minimum atomic E-state index is -0.549. The molecule has 0 spiro atoms. The van der Waals surface area contributed by atoms with E-state index in [4.69, 9.17) is 21.7 Å². The summed E-state index contributed by atoms with van der Waals surface area (Å²) in [4.78, 5) is 11.2. The summed E-state index contributed by atoms with van der Waals surface area (Å²) in [6.45, 7) is 7.43. The highest BCUT2D eigenvalue weighted by Gasteiger charge is 2.19. The fourth-order valence-corrected chi connectivity index (χ4v) is 0.947. The largest absolute Gasteiger partial charge is 0.448 e. The summed E-state index contributed by atoms with van der Waals surface area (Å²) < 4.78 is 10.3. The Morgan fingerprint density at radius 1 is 1.36 bits per heavy atom. The van der Waals surface area contributed by atoms with Gasteiger partial charge in [0.15, 0.2) is 5.05 Å². The van der Waals surface area contributed by atoms with E-state index >= 15 is 0 Å². The molecular weight excluding hydrogens is 200 g/mol. The number of carbonyl (C=O) groups is 1. The first-order chi connectivity index (χ1) is 6.47. The van der Waals surface area contributed by atoms with E-state index < -0.39 is 6.29 Å². The molecule has 0 unspecified atom stereocenters. The Bertz CT molecular complexity index is 202. The Kier molecular flexibility index (Phi) is 6.45. The fourth-order valence-electron chi connectivity index (χ4n) is 0.852. The second-order valence-electron chi connectivity index (χ2n) is 3.46. The van der Waals surface area contributed by atoms with Gasteiger partial charge >= 0.3 is 5.97 Å². The summed E-state index contributed by atoms with van der Waals surface area (Å²) in [6.07, 6.45) is 0.648. The van der Waals surface area contributed by atoms with E-state index in [2.05, 4.69) is 0 Å². The maximum absolute atomic E-state index is 11.2. The lowest BCUT2D eigenvalue weighted by Crippen LogP contribution is -2.27. The minimum Gasteiger partial charge on any atom is -0.448 e. The standard InChI is InChI=1S/C10H18O3S/c1-5-6-9(11)13-10(7(2)3)12-8(4)14/h7,10H,5-6H2,1-4H3/t10-/m0/s1. The van der Waals surface area contributed by atoms with Gasteiger partial charge in [0, 0.05) is 19.3 Å². The maximum atomic E-state index is 11.2. The Morgan fingerprint density at radius 2 is 1.93 bits per heavy atom. The van der Waals surface area contributed by atoms with Crippen LogP contribution in [0.5, 0.6) is 0 Å². The molecular formula is C10H18O3S. The molecule has 4 heteroatoms. The Balaban J connectivity index is 4.09. The van der Waals surface area contributed by atoms with Crippen molar-refractivity contribution in [3.8, 4) is 0 Å².